The van der Waals surface area contributed by atoms with Gasteiger partial charge in [0.05, 0.1) is 6.61 Å². The SMILES string of the molecule is OCCN(CCCCCCCCCBr)C1CCCCC1. The highest BCUT2D eigenvalue weighted by Gasteiger charge is 2.19. The molecule has 1 N–H and O–H groups in total. The maximum absolute atomic E-state index is 9.25. The third-order valence-corrected chi connectivity index (χ3v) is 5.12. The first-order chi connectivity index (χ1) is 9.88. The number of nitrogens with zero attached hydrogens (tertiary/aromatic N) is 1. The van der Waals surface area contributed by atoms with E-state index in [0.29, 0.717) is 6.61 Å². The molecule has 0 spiro atoms. The second-order valence-corrected chi connectivity index (χ2v) is 7.01. The molecule has 0 aromatic rings. The molecule has 1 aliphatic rings. The Bertz CT molecular complexity index is 207. The normalized spacial score (nSPS) is 16.9. The van der Waals surface area contributed by atoms with Crippen molar-refractivity contribution in [2.75, 3.05) is 25.0 Å². The highest BCUT2D eigenvalue weighted by atomic mass is 79.9. The highest BCUT2D eigenvalue weighted by molar-refractivity contribution is 9.09. The quantitative estimate of drug-likeness (QED) is 0.407. The van der Waals surface area contributed by atoms with Crippen molar-refractivity contribution < 1.29 is 5.11 Å². The summed E-state index contributed by atoms with van der Waals surface area (Å²) in [7, 11) is 0. The van der Waals surface area contributed by atoms with Crippen molar-refractivity contribution in [2.24, 2.45) is 0 Å². The van der Waals surface area contributed by atoms with Gasteiger partial charge in [-0.05, 0) is 32.2 Å². The topological polar surface area (TPSA) is 23.5 Å². The number of hydrogen-bond acceptors (Lipinski definition) is 2. The highest BCUT2D eigenvalue weighted by Crippen LogP contribution is 2.22. The Hall–Kier alpha value is 0.400. The van der Waals surface area contributed by atoms with Gasteiger partial charge in [-0.2, -0.15) is 0 Å². The van der Waals surface area contributed by atoms with Crippen molar-refractivity contribution in [1.82, 2.24) is 4.90 Å². The Morgan fingerprint density at radius 2 is 1.40 bits per heavy atom. The summed E-state index contributed by atoms with van der Waals surface area (Å²) in [5.74, 6) is 0. The molecule has 3 heteroatoms. The van der Waals surface area contributed by atoms with Crippen LogP contribution in [0, 0.1) is 0 Å². The summed E-state index contributed by atoms with van der Waals surface area (Å²) in [5.41, 5.74) is 0. The first-order valence-corrected chi connectivity index (χ1v) is 9.91. The minimum absolute atomic E-state index is 0.322. The number of aliphatic hydroxyl groups is 1. The predicted molar refractivity (Wildman–Crippen MR) is 91.6 cm³/mol. The molecule has 20 heavy (non-hydrogen) atoms. The smallest absolute Gasteiger partial charge is 0.0558 e. The molecule has 0 radical (unpaired) electrons. The van der Waals surface area contributed by atoms with Crippen LogP contribution in [0.2, 0.25) is 0 Å². The molecule has 0 saturated heterocycles. The van der Waals surface area contributed by atoms with E-state index in [0.717, 1.165) is 17.9 Å². The molecule has 0 bridgehead atoms. The van der Waals surface area contributed by atoms with Crippen LogP contribution in [0.5, 0.6) is 0 Å². The molecule has 120 valence electrons. The lowest BCUT2D eigenvalue weighted by Crippen LogP contribution is -2.39. The van der Waals surface area contributed by atoms with E-state index >= 15 is 0 Å². The van der Waals surface area contributed by atoms with Crippen LogP contribution < -0.4 is 0 Å². The molecule has 0 aliphatic heterocycles. The average Bonchev–Trinajstić information content (AvgIpc) is 2.50. The van der Waals surface area contributed by atoms with Gasteiger partial charge in [-0.1, -0.05) is 67.3 Å². The van der Waals surface area contributed by atoms with E-state index in [1.807, 2.05) is 0 Å². The summed E-state index contributed by atoms with van der Waals surface area (Å²) in [4.78, 5) is 2.56. The molecule has 0 aromatic carbocycles. The average molecular weight is 348 g/mol. The van der Waals surface area contributed by atoms with E-state index in [1.165, 1.54) is 83.6 Å². The molecule has 0 amide bonds. The molecule has 0 aromatic heterocycles. The summed E-state index contributed by atoms with van der Waals surface area (Å²) in [6, 6.07) is 0.759. The lowest BCUT2D eigenvalue weighted by molar-refractivity contribution is 0.122. The van der Waals surface area contributed by atoms with Crippen LogP contribution in [0.1, 0.15) is 77.0 Å². The number of unbranched alkanes of at least 4 members (excludes halogenated alkanes) is 6. The van der Waals surface area contributed by atoms with Crippen LogP contribution in [0.4, 0.5) is 0 Å². The Kier molecular flexibility index (Phi) is 12.1. The molecular formula is C17H34BrNO. The van der Waals surface area contributed by atoms with E-state index in [-0.39, 0.29) is 0 Å². The van der Waals surface area contributed by atoms with Crippen LogP contribution in [-0.4, -0.2) is 41.1 Å². The van der Waals surface area contributed by atoms with Gasteiger partial charge in [0.15, 0.2) is 0 Å². The molecule has 0 heterocycles. The standard InChI is InChI=1S/C17H34BrNO/c18-13-9-4-2-1-3-5-10-14-19(15-16-20)17-11-7-6-8-12-17/h17,20H,1-16H2. The number of rotatable bonds is 12. The molecule has 1 rings (SSSR count). The lowest BCUT2D eigenvalue weighted by Gasteiger charge is -2.34. The minimum atomic E-state index is 0.322. The van der Waals surface area contributed by atoms with Gasteiger partial charge < -0.3 is 5.11 Å². The van der Waals surface area contributed by atoms with Gasteiger partial charge in [0.1, 0.15) is 0 Å². The van der Waals surface area contributed by atoms with Crippen molar-refractivity contribution >= 4 is 15.9 Å². The van der Waals surface area contributed by atoms with Crippen molar-refractivity contribution in [1.29, 1.82) is 0 Å². The molecule has 1 aliphatic carbocycles. The fourth-order valence-corrected chi connectivity index (χ4v) is 3.74. The van der Waals surface area contributed by atoms with Gasteiger partial charge >= 0.3 is 0 Å². The second kappa shape index (κ2) is 13.1. The van der Waals surface area contributed by atoms with Crippen LogP contribution in [-0.2, 0) is 0 Å². The summed E-state index contributed by atoms with van der Waals surface area (Å²) < 4.78 is 0. The van der Waals surface area contributed by atoms with Gasteiger partial charge in [0.2, 0.25) is 0 Å². The van der Waals surface area contributed by atoms with E-state index in [4.69, 9.17) is 0 Å². The van der Waals surface area contributed by atoms with Gasteiger partial charge in [-0.25, -0.2) is 0 Å². The van der Waals surface area contributed by atoms with Gasteiger partial charge in [-0.3, -0.25) is 4.90 Å². The summed E-state index contributed by atoms with van der Waals surface area (Å²) in [6.45, 7) is 2.41. The second-order valence-electron chi connectivity index (χ2n) is 6.22. The Labute approximate surface area is 134 Å². The zero-order valence-electron chi connectivity index (χ0n) is 13.2. The third-order valence-electron chi connectivity index (χ3n) is 4.56. The largest absolute Gasteiger partial charge is 0.395 e. The van der Waals surface area contributed by atoms with Crippen molar-refractivity contribution in [2.45, 2.75) is 83.1 Å². The molecule has 1 fully saturated rings. The summed E-state index contributed by atoms with van der Waals surface area (Å²) in [5, 5.41) is 10.4. The van der Waals surface area contributed by atoms with E-state index in [2.05, 4.69) is 20.8 Å². The first-order valence-electron chi connectivity index (χ1n) is 8.79. The molecule has 0 unspecified atom stereocenters. The monoisotopic (exact) mass is 347 g/mol. The van der Waals surface area contributed by atoms with Crippen molar-refractivity contribution in [3.8, 4) is 0 Å². The number of hydrogen-bond donors (Lipinski definition) is 1. The van der Waals surface area contributed by atoms with Crippen LogP contribution >= 0.6 is 15.9 Å². The third kappa shape index (κ3) is 8.63. The number of aliphatic hydroxyl groups excluding tert-OH is 1. The fourth-order valence-electron chi connectivity index (χ4n) is 3.34. The van der Waals surface area contributed by atoms with Crippen LogP contribution in [0.25, 0.3) is 0 Å². The lowest BCUT2D eigenvalue weighted by atomic mass is 9.94. The predicted octanol–water partition coefficient (Wildman–Crippen LogP) is 4.74. The molecular weight excluding hydrogens is 314 g/mol. The molecule has 0 atom stereocenters. The van der Waals surface area contributed by atoms with Crippen LogP contribution in [0.3, 0.4) is 0 Å². The Morgan fingerprint density at radius 1 is 0.800 bits per heavy atom. The van der Waals surface area contributed by atoms with E-state index < -0.39 is 0 Å². The van der Waals surface area contributed by atoms with Gasteiger partial charge in [-0.15, -0.1) is 0 Å². The fraction of sp³-hybridized carbons (Fsp3) is 1.00. The first kappa shape index (κ1) is 18.4. The number of alkyl halides is 1. The molecule has 1 saturated carbocycles. The van der Waals surface area contributed by atoms with E-state index in [9.17, 15) is 5.11 Å². The Balaban J connectivity index is 2.03. The van der Waals surface area contributed by atoms with Gasteiger partial charge in [0.25, 0.3) is 0 Å². The minimum Gasteiger partial charge on any atom is -0.395 e. The maximum atomic E-state index is 9.25. The van der Waals surface area contributed by atoms with Gasteiger partial charge in [0, 0.05) is 17.9 Å². The van der Waals surface area contributed by atoms with Crippen LogP contribution in [0.15, 0.2) is 0 Å². The van der Waals surface area contributed by atoms with Crippen molar-refractivity contribution in [3.05, 3.63) is 0 Å². The maximum Gasteiger partial charge on any atom is 0.0558 e. The van der Waals surface area contributed by atoms with Crippen molar-refractivity contribution in [3.63, 3.8) is 0 Å². The zero-order valence-corrected chi connectivity index (χ0v) is 14.7. The summed E-state index contributed by atoms with van der Waals surface area (Å²) in [6.07, 6.45) is 16.5. The Morgan fingerprint density at radius 3 is 2.00 bits per heavy atom. The van der Waals surface area contributed by atoms with E-state index in [1.54, 1.807) is 0 Å². The molecule has 2 nitrogen and oxygen atoms in total. The summed E-state index contributed by atoms with van der Waals surface area (Å²) >= 11 is 3.49. The zero-order chi connectivity index (χ0) is 14.5. The number of halogens is 1.